The van der Waals surface area contributed by atoms with Crippen LogP contribution < -0.4 is 0 Å². The molecule has 19 heavy (non-hydrogen) atoms. The van der Waals surface area contributed by atoms with Crippen molar-refractivity contribution in [3.8, 4) is 0 Å². The first-order valence-electron chi connectivity index (χ1n) is 8.23. The standard InChI is InChI=1S/C17H30O2/c1-15(2)13-8-10-16(3,12-13)17(15,18)9-4-6-14-7-5-11-19-14/h13-14,18H,4-12H2,1-3H3. The van der Waals surface area contributed by atoms with Crippen LogP contribution in [0.4, 0.5) is 0 Å². The first-order valence-corrected chi connectivity index (χ1v) is 8.23. The Morgan fingerprint density at radius 1 is 1.21 bits per heavy atom. The molecule has 1 heterocycles. The van der Waals surface area contributed by atoms with Crippen LogP contribution in [0.3, 0.4) is 0 Å². The molecule has 0 radical (unpaired) electrons. The number of ether oxygens (including phenoxy) is 1. The Morgan fingerprint density at radius 2 is 2.00 bits per heavy atom. The number of aliphatic hydroxyl groups is 1. The third-order valence-electron chi connectivity index (χ3n) is 6.92. The maximum absolute atomic E-state index is 11.4. The highest BCUT2D eigenvalue weighted by molar-refractivity contribution is 5.17. The van der Waals surface area contributed by atoms with Crippen LogP contribution in [0.15, 0.2) is 0 Å². The molecule has 2 heteroatoms. The Morgan fingerprint density at radius 3 is 2.58 bits per heavy atom. The van der Waals surface area contributed by atoms with Crippen LogP contribution in [0.2, 0.25) is 0 Å². The summed E-state index contributed by atoms with van der Waals surface area (Å²) in [5, 5.41) is 11.4. The van der Waals surface area contributed by atoms with E-state index in [0.29, 0.717) is 6.10 Å². The quantitative estimate of drug-likeness (QED) is 0.836. The molecule has 0 aromatic carbocycles. The molecule has 2 saturated carbocycles. The van der Waals surface area contributed by atoms with Gasteiger partial charge in [-0.2, -0.15) is 0 Å². The molecule has 1 N–H and O–H groups in total. The van der Waals surface area contributed by atoms with E-state index >= 15 is 0 Å². The zero-order valence-electron chi connectivity index (χ0n) is 12.9. The van der Waals surface area contributed by atoms with E-state index in [4.69, 9.17) is 4.74 Å². The smallest absolute Gasteiger partial charge is 0.0754 e. The first-order chi connectivity index (χ1) is 8.89. The van der Waals surface area contributed by atoms with E-state index in [2.05, 4.69) is 20.8 Å². The lowest BCUT2D eigenvalue weighted by atomic mass is 9.58. The highest BCUT2D eigenvalue weighted by Gasteiger charge is 2.67. The summed E-state index contributed by atoms with van der Waals surface area (Å²) >= 11 is 0. The van der Waals surface area contributed by atoms with Crippen molar-refractivity contribution in [3.05, 3.63) is 0 Å². The Balaban J connectivity index is 1.64. The Bertz CT molecular complexity index is 338. The summed E-state index contributed by atoms with van der Waals surface area (Å²) in [5.41, 5.74) is -0.199. The highest BCUT2D eigenvalue weighted by atomic mass is 16.5. The predicted molar refractivity (Wildman–Crippen MR) is 77.0 cm³/mol. The van der Waals surface area contributed by atoms with Crippen LogP contribution in [0.1, 0.15) is 72.1 Å². The second-order valence-corrected chi connectivity index (χ2v) is 8.11. The summed E-state index contributed by atoms with van der Waals surface area (Å²) in [5.74, 6) is 0.727. The van der Waals surface area contributed by atoms with Gasteiger partial charge in [0.1, 0.15) is 0 Å². The second-order valence-electron chi connectivity index (χ2n) is 8.11. The highest BCUT2D eigenvalue weighted by Crippen LogP contribution is 2.69. The molecule has 1 saturated heterocycles. The summed E-state index contributed by atoms with van der Waals surface area (Å²) < 4.78 is 5.71. The van der Waals surface area contributed by atoms with Crippen molar-refractivity contribution in [2.24, 2.45) is 16.7 Å². The van der Waals surface area contributed by atoms with Crippen LogP contribution in [0.5, 0.6) is 0 Å². The molecule has 4 atom stereocenters. The minimum Gasteiger partial charge on any atom is -0.389 e. The van der Waals surface area contributed by atoms with E-state index in [1.165, 1.54) is 32.1 Å². The van der Waals surface area contributed by atoms with Crippen molar-refractivity contribution in [2.75, 3.05) is 6.61 Å². The van der Waals surface area contributed by atoms with Crippen molar-refractivity contribution in [1.29, 1.82) is 0 Å². The minimum atomic E-state index is -0.457. The Kier molecular flexibility index (Phi) is 3.26. The molecule has 2 aliphatic carbocycles. The van der Waals surface area contributed by atoms with Crippen molar-refractivity contribution >= 4 is 0 Å². The summed E-state index contributed by atoms with van der Waals surface area (Å²) in [6.07, 6.45) is 9.91. The van der Waals surface area contributed by atoms with Gasteiger partial charge in [-0.15, -0.1) is 0 Å². The molecule has 2 bridgehead atoms. The fourth-order valence-electron chi connectivity index (χ4n) is 5.43. The molecule has 0 spiro atoms. The zero-order chi connectivity index (χ0) is 13.7. The van der Waals surface area contributed by atoms with Crippen molar-refractivity contribution < 1.29 is 9.84 Å². The predicted octanol–water partition coefficient (Wildman–Crippen LogP) is 3.91. The maximum atomic E-state index is 11.4. The van der Waals surface area contributed by atoms with Gasteiger partial charge in [-0.05, 0) is 68.1 Å². The number of fused-ring (bicyclic) bond motifs is 2. The van der Waals surface area contributed by atoms with Crippen LogP contribution in [0, 0.1) is 16.7 Å². The topological polar surface area (TPSA) is 29.5 Å². The average Bonchev–Trinajstić information content (AvgIpc) is 3.00. The third-order valence-corrected chi connectivity index (χ3v) is 6.92. The maximum Gasteiger partial charge on any atom is 0.0754 e. The van der Waals surface area contributed by atoms with E-state index < -0.39 is 5.60 Å². The lowest BCUT2D eigenvalue weighted by Gasteiger charge is -2.51. The van der Waals surface area contributed by atoms with Gasteiger partial charge in [0.25, 0.3) is 0 Å². The summed E-state index contributed by atoms with van der Waals surface area (Å²) in [6.45, 7) is 7.87. The van der Waals surface area contributed by atoms with Gasteiger partial charge in [-0.1, -0.05) is 20.8 Å². The molecular formula is C17H30O2. The van der Waals surface area contributed by atoms with Gasteiger partial charge >= 0.3 is 0 Å². The van der Waals surface area contributed by atoms with Crippen molar-refractivity contribution in [2.45, 2.75) is 83.8 Å². The Labute approximate surface area is 117 Å². The van der Waals surface area contributed by atoms with E-state index in [0.717, 1.165) is 31.8 Å². The Hall–Kier alpha value is -0.0800. The van der Waals surface area contributed by atoms with Gasteiger partial charge in [-0.3, -0.25) is 0 Å². The van der Waals surface area contributed by atoms with Crippen LogP contribution in [-0.2, 0) is 4.74 Å². The van der Waals surface area contributed by atoms with Crippen LogP contribution in [0.25, 0.3) is 0 Å². The van der Waals surface area contributed by atoms with E-state index in [1.54, 1.807) is 0 Å². The molecule has 2 nitrogen and oxygen atoms in total. The van der Waals surface area contributed by atoms with E-state index in [1.807, 2.05) is 0 Å². The van der Waals surface area contributed by atoms with Gasteiger partial charge in [0, 0.05) is 6.61 Å². The summed E-state index contributed by atoms with van der Waals surface area (Å²) in [6, 6.07) is 0. The molecule has 3 fully saturated rings. The molecular weight excluding hydrogens is 236 g/mol. The monoisotopic (exact) mass is 266 g/mol. The molecule has 3 rings (SSSR count). The van der Waals surface area contributed by atoms with Gasteiger partial charge in [-0.25, -0.2) is 0 Å². The van der Waals surface area contributed by atoms with Crippen LogP contribution in [-0.4, -0.2) is 23.4 Å². The number of hydrogen-bond acceptors (Lipinski definition) is 2. The van der Waals surface area contributed by atoms with Gasteiger partial charge in [0.15, 0.2) is 0 Å². The van der Waals surface area contributed by atoms with E-state index in [-0.39, 0.29) is 10.8 Å². The van der Waals surface area contributed by atoms with E-state index in [9.17, 15) is 5.11 Å². The van der Waals surface area contributed by atoms with Crippen LogP contribution >= 0.6 is 0 Å². The fourth-order valence-corrected chi connectivity index (χ4v) is 5.43. The molecule has 4 unspecified atom stereocenters. The molecule has 3 aliphatic rings. The molecule has 110 valence electrons. The van der Waals surface area contributed by atoms with Gasteiger partial charge in [0.05, 0.1) is 11.7 Å². The first kappa shape index (κ1) is 13.9. The van der Waals surface area contributed by atoms with Gasteiger partial charge in [0.2, 0.25) is 0 Å². The molecule has 0 amide bonds. The average molecular weight is 266 g/mol. The lowest BCUT2D eigenvalue weighted by Crippen LogP contribution is -2.54. The van der Waals surface area contributed by atoms with Crippen molar-refractivity contribution in [1.82, 2.24) is 0 Å². The molecule has 0 aromatic heterocycles. The lowest BCUT2D eigenvalue weighted by molar-refractivity contribution is -0.149. The normalized spacial score (nSPS) is 48.0. The number of hydrogen-bond donors (Lipinski definition) is 1. The molecule has 0 aromatic rings. The minimum absolute atomic E-state index is 0.0938. The van der Waals surface area contributed by atoms with Gasteiger partial charge < -0.3 is 9.84 Å². The van der Waals surface area contributed by atoms with Crippen molar-refractivity contribution in [3.63, 3.8) is 0 Å². The summed E-state index contributed by atoms with van der Waals surface area (Å²) in [7, 11) is 0. The summed E-state index contributed by atoms with van der Waals surface area (Å²) in [4.78, 5) is 0. The third kappa shape index (κ3) is 1.90. The SMILES string of the molecule is CC12CCC(C1)C(C)(C)C2(O)CCCC1CCCO1. The zero-order valence-corrected chi connectivity index (χ0v) is 12.9. The number of rotatable bonds is 4. The molecule has 1 aliphatic heterocycles. The fraction of sp³-hybridized carbons (Fsp3) is 1.00. The largest absolute Gasteiger partial charge is 0.389 e. The second kappa shape index (κ2) is 4.46.